The van der Waals surface area contributed by atoms with E-state index < -0.39 is 40.8 Å². The fourth-order valence-corrected chi connectivity index (χ4v) is 13.1. The van der Waals surface area contributed by atoms with Gasteiger partial charge in [0.1, 0.15) is 0 Å². The molecule has 2 rings (SSSR count). The Hall–Kier alpha value is 0.617. The van der Waals surface area contributed by atoms with Crippen LogP contribution in [0.1, 0.15) is 12.8 Å². The van der Waals surface area contributed by atoms with Crippen LogP contribution in [0.4, 0.5) is 0 Å². The average molecular weight is 533 g/mol. The van der Waals surface area contributed by atoms with Gasteiger partial charge in [-0.25, -0.2) is 0 Å². The standard InChI is InChI=1S/2C8H13O3Si.2ClH.Zr/c2*1-9-12(10-2,11-3)8-6-4-5-7-8;;;/h2*4,6H,5H2,1-3H3;2*1H;/q;;;;+2/p-2. The second kappa shape index (κ2) is 12.3. The average Bonchev–Trinajstić information content (AvgIpc) is 3.31. The largest absolute Gasteiger partial charge is 1.00 e. The first kappa shape index (κ1) is 27.6. The molecule has 0 bridgehead atoms. The van der Waals surface area contributed by atoms with Crippen LogP contribution >= 0.6 is 0 Å². The zero-order chi connectivity index (χ0) is 18.5. The number of halogens is 2. The second-order valence-electron chi connectivity index (χ2n) is 5.46. The van der Waals surface area contributed by atoms with E-state index in [4.69, 9.17) is 26.6 Å². The molecule has 0 spiro atoms. The Bertz CT molecular complexity index is 548. The summed E-state index contributed by atoms with van der Waals surface area (Å²) in [7, 11) is 4.32. The van der Waals surface area contributed by atoms with Crippen LogP contribution in [-0.2, 0) is 49.8 Å². The summed E-state index contributed by atoms with van der Waals surface area (Å²) in [4.78, 5) is 0. The van der Waals surface area contributed by atoms with Gasteiger partial charge in [0.2, 0.25) is 0 Å². The third kappa shape index (κ3) is 5.41. The molecule has 0 N–H and O–H groups in total. The van der Waals surface area contributed by atoms with E-state index in [0.29, 0.717) is 0 Å². The van der Waals surface area contributed by atoms with Gasteiger partial charge >= 0.3 is 164 Å². The van der Waals surface area contributed by atoms with E-state index in [1.54, 1.807) is 42.7 Å². The zero-order valence-electron chi connectivity index (χ0n) is 16.4. The first-order valence-electron chi connectivity index (χ1n) is 7.94. The van der Waals surface area contributed by atoms with Crippen molar-refractivity contribution in [3.63, 3.8) is 0 Å². The van der Waals surface area contributed by atoms with Crippen molar-refractivity contribution in [2.75, 3.05) is 42.7 Å². The molecule has 0 fully saturated rings. The van der Waals surface area contributed by atoms with Crippen LogP contribution in [0.3, 0.4) is 0 Å². The maximum atomic E-state index is 5.69. The van der Waals surface area contributed by atoms with Gasteiger partial charge in [0.05, 0.1) is 0 Å². The second-order valence-corrected chi connectivity index (χ2v) is 14.8. The predicted molar refractivity (Wildman–Crippen MR) is 95.1 cm³/mol. The van der Waals surface area contributed by atoms with Crippen molar-refractivity contribution in [1.29, 1.82) is 0 Å². The molecular formula is C16H26Cl2O6Si2Zr. The van der Waals surface area contributed by atoms with Gasteiger partial charge in [-0.15, -0.1) is 0 Å². The molecule has 152 valence electrons. The van der Waals surface area contributed by atoms with Crippen LogP contribution in [0.5, 0.6) is 0 Å². The molecule has 0 heterocycles. The van der Waals surface area contributed by atoms with Crippen molar-refractivity contribution >= 4 is 17.6 Å². The van der Waals surface area contributed by atoms with Crippen molar-refractivity contribution in [3.8, 4) is 0 Å². The van der Waals surface area contributed by atoms with Gasteiger partial charge in [-0.3, -0.25) is 0 Å². The smallest absolute Gasteiger partial charge is 1.00 e. The SMILES string of the molecule is CO[Si](OC)(OC)C1=[C]([Zr+2][C]2=C([Si](OC)(OC)OC)C=CC2)CC=C1.[Cl-].[Cl-]. The van der Waals surface area contributed by atoms with Crippen LogP contribution in [0.2, 0.25) is 0 Å². The number of hydrogen-bond acceptors (Lipinski definition) is 6. The Balaban J connectivity index is 0.00000338. The molecule has 0 radical (unpaired) electrons. The van der Waals surface area contributed by atoms with Crippen LogP contribution in [-0.4, -0.2) is 60.3 Å². The van der Waals surface area contributed by atoms with Gasteiger partial charge in [-0.05, 0) is 0 Å². The van der Waals surface area contributed by atoms with Crippen LogP contribution in [0.25, 0.3) is 0 Å². The molecule has 0 amide bonds. The van der Waals surface area contributed by atoms with Crippen molar-refractivity contribution in [1.82, 2.24) is 0 Å². The summed E-state index contributed by atoms with van der Waals surface area (Å²) in [6.07, 6.45) is 10.4. The molecule has 0 saturated carbocycles. The van der Waals surface area contributed by atoms with E-state index in [0.717, 1.165) is 23.2 Å². The zero-order valence-corrected chi connectivity index (χ0v) is 22.4. The molecule has 0 aromatic heterocycles. The minimum Gasteiger partial charge on any atom is -1.00 e. The predicted octanol–water partition coefficient (Wildman–Crippen LogP) is -3.66. The summed E-state index contributed by atoms with van der Waals surface area (Å²) in [5.74, 6) is 0. The van der Waals surface area contributed by atoms with Gasteiger partial charge in [0.15, 0.2) is 0 Å². The number of rotatable bonds is 10. The number of allylic oxidation sites excluding steroid dienone is 8. The normalized spacial score (nSPS) is 16.5. The molecule has 0 atom stereocenters. The van der Waals surface area contributed by atoms with Crippen LogP contribution < -0.4 is 24.8 Å². The summed E-state index contributed by atoms with van der Waals surface area (Å²) >= 11 is -1.06. The number of hydrogen-bond donors (Lipinski definition) is 0. The van der Waals surface area contributed by atoms with Crippen LogP contribution in [0, 0.1) is 0 Å². The van der Waals surface area contributed by atoms with Crippen molar-refractivity contribution in [2.24, 2.45) is 0 Å². The molecule has 0 aliphatic heterocycles. The molecule has 11 heteroatoms. The molecule has 6 nitrogen and oxygen atoms in total. The Morgan fingerprint density at radius 1 is 0.630 bits per heavy atom. The summed E-state index contributed by atoms with van der Waals surface area (Å²) < 4.78 is 37.0. The van der Waals surface area contributed by atoms with E-state index in [-0.39, 0.29) is 24.8 Å². The quantitative estimate of drug-likeness (QED) is 0.271. The maximum Gasteiger partial charge on any atom is -1.00 e. The van der Waals surface area contributed by atoms with E-state index in [1.165, 1.54) is 6.56 Å². The molecule has 27 heavy (non-hydrogen) atoms. The van der Waals surface area contributed by atoms with Crippen LogP contribution in [0.15, 0.2) is 41.3 Å². The molecule has 0 aromatic rings. The Morgan fingerprint density at radius 3 is 1.19 bits per heavy atom. The third-order valence-electron chi connectivity index (χ3n) is 4.44. The van der Waals surface area contributed by atoms with Gasteiger partial charge in [0.25, 0.3) is 0 Å². The van der Waals surface area contributed by atoms with Crippen molar-refractivity contribution in [3.05, 3.63) is 41.3 Å². The van der Waals surface area contributed by atoms with Gasteiger partial charge in [-0.1, -0.05) is 0 Å². The van der Waals surface area contributed by atoms with Gasteiger partial charge in [-0.2, -0.15) is 0 Å². The monoisotopic (exact) mass is 530 g/mol. The van der Waals surface area contributed by atoms with Gasteiger partial charge in [0, 0.05) is 0 Å². The molecular weight excluding hydrogens is 506 g/mol. The topological polar surface area (TPSA) is 55.4 Å². The third-order valence-corrected chi connectivity index (χ3v) is 15.0. The Kier molecular flexibility index (Phi) is 12.6. The summed E-state index contributed by atoms with van der Waals surface area (Å²) in [5.41, 5.74) is 0. The van der Waals surface area contributed by atoms with Crippen molar-refractivity contribution < 1.29 is 74.6 Å². The molecule has 2 aliphatic rings. The molecule has 0 saturated heterocycles. The van der Waals surface area contributed by atoms with Crippen molar-refractivity contribution in [2.45, 2.75) is 12.8 Å². The summed E-state index contributed by atoms with van der Waals surface area (Å²) in [6.45, 7) is 0. The van der Waals surface area contributed by atoms with E-state index in [1.807, 2.05) is 0 Å². The van der Waals surface area contributed by atoms with E-state index in [2.05, 4.69) is 24.3 Å². The minimum absolute atomic E-state index is 0. The minimum atomic E-state index is -2.80. The maximum absolute atomic E-state index is 5.69. The first-order valence-corrected chi connectivity index (χ1v) is 13.8. The molecule has 0 aromatic carbocycles. The fraction of sp³-hybridized carbons (Fsp3) is 0.500. The summed E-state index contributed by atoms with van der Waals surface area (Å²) in [5, 5.41) is 2.23. The fourth-order valence-electron chi connectivity index (χ4n) is 3.16. The molecule has 0 unspecified atom stereocenters. The first-order chi connectivity index (χ1) is 12.1. The molecule has 2 aliphatic carbocycles. The summed E-state index contributed by atoms with van der Waals surface area (Å²) in [6, 6.07) is 0. The van der Waals surface area contributed by atoms with Gasteiger partial charge < -0.3 is 24.8 Å². The van der Waals surface area contributed by atoms with E-state index >= 15 is 0 Å². The Morgan fingerprint density at radius 2 is 0.926 bits per heavy atom. The van der Waals surface area contributed by atoms with E-state index in [9.17, 15) is 0 Å². The Labute approximate surface area is 188 Å².